The topological polar surface area (TPSA) is 68.5 Å². The number of carbonyl (C=O) groups excluding carboxylic acids is 1. The number of halogens is 1. The van der Waals surface area contributed by atoms with Crippen LogP contribution in [0.4, 0.5) is 0 Å². The molecule has 30 heavy (non-hydrogen) atoms. The van der Waals surface area contributed by atoms with Crippen molar-refractivity contribution >= 4 is 23.6 Å². The Bertz CT molecular complexity index is 1070. The molecule has 0 atom stereocenters. The number of methoxy groups -OCH3 is 1. The van der Waals surface area contributed by atoms with E-state index in [2.05, 4.69) is 10.2 Å². The Labute approximate surface area is 180 Å². The highest BCUT2D eigenvalue weighted by molar-refractivity contribution is 6.30. The first kappa shape index (κ1) is 20.2. The molecule has 0 radical (unpaired) electrons. The smallest absolute Gasteiger partial charge is 0.247 e. The fourth-order valence-corrected chi connectivity index (χ4v) is 3.31. The molecular formula is C23H22ClN3O3. The maximum absolute atomic E-state index is 12.9. The van der Waals surface area contributed by atoms with Gasteiger partial charge in [-0.1, -0.05) is 23.2 Å². The van der Waals surface area contributed by atoms with Crippen LogP contribution in [0.25, 0.3) is 17.5 Å². The van der Waals surface area contributed by atoms with Crippen molar-refractivity contribution in [1.82, 2.24) is 15.1 Å². The van der Waals surface area contributed by atoms with Gasteiger partial charge in [0, 0.05) is 28.3 Å². The Hall–Kier alpha value is -3.12. The summed E-state index contributed by atoms with van der Waals surface area (Å²) in [6, 6.07) is 13.2. The van der Waals surface area contributed by atoms with Crippen molar-refractivity contribution in [2.24, 2.45) is 0 Å². The first-order chi connectivity index (χ1) is 14.5. The molecule has 1 saturated carbocycles. The Kier molecular flexibility index (Phi) is 5.86. The van der Waals surface area contributed by atoms with E-state index in [9.17, 15) is 4.79 Å². The van der Waals surface area contributed by atoms with Crippen LogP contribution in [-0.2, 0) is 11.3 Å². The lowest BCUT2D eigenvalue weighted by molar-refractivity contribution is -0.127. The molecule has 7 heteroatoms. The van der Waals surface area contributed by atoms with Crippen LogP contribution in [0.15, 0.2) is 53.0 Å². The number of hydrogen-bond donors (Lipinski definition) is 0. The molecule has 154 valence electrons. The number of benzene rings is 2. The van der Waals surface area contributed by atoms with E-state index in [0.29, 0.717) is 16.8 Å². The van der Waals surface area contributed by atoms with Crippen molar-refractivity contribution in [2.45, 2.75) is 32.4 Å². The van der Waals surface area contributed by atoms with E-state index in [4.69, 9.17) is 20.8 Å². The summed E-state index contributed by atoms with van der Waals surface area (Å²) < 4.78 is 11.2. The quantitative estimate of drug-likeness (QED) is 0.505. The number of aryl methyl sites for hydroxylation is 1. The largest absolute Gasteiger partial charge is 0.496 e. The van der Waals surface area contributed by atoms with Gasteiger partial charge in [0.25, 0.3) is 0 Å². The zero-order valence-electron chi connectivity index (χ0n) is 16.8. The number of hydrogen-bond acceptors (Lipinski definition) is 5. The van der Waals surface area contributed by atoms with E-state index in [1.165, 1.54) is 0 Å². The van der Waals surface area contributed by atoms with Gasteiger partial charge < -0.3 is 14.1 Å². The van der Waals surface area contributed by atoms with Crippen LogP contribution in [-0.4, -0.2) is 34.2 Å². The Morgan fingerprint density at radius 2 is 2.00 bits per heavy atom. The van der Waals surface area contributed by atoms with Crippen molar-refractivity contribution in [1.29, 1.82) is 0 Å². The molecule has 0 unspecified atom stereocenters. The van der Waals surface area contributed by atoms with Crippen LogP contribution in [0.3, 0.4) is 0 Å². The highest BCUT2D eigenvalue weighted by atomic mass is 35.5. The molecule has 2 aromatic carbocycles. The number of rotatable bonds is 7. The van der Waals surface area contributed by atoms with Crippen molar-refractivity contribution < 1.29 is 13.9 Å². The normalized spacial score (nSPS) is 13.6. The van der Waals surface area contributed by atoms with Gasteiger partial charge in [0.1, 0.15) is 5.75 Å². The van der Waals surface area contributed by atoms with E-state index in [1.807, 2.05) is 37.3 Å². The van der Waals surface area contributed by atoms with Crippen molar-refractivity contribution in [3.63, 3.8) is 0 Å². The summed E-state index contributed by atoms with van der Waals surface area (Å²) in [6.45, 7) is 2.28. The Morgan fingerprint density at radius 3 is 2.70 bits per heavy atom. The van der Waals surface area contributed by atoms with Crippen LogP contribution in [0.5, 0.6) is 5.75 Å². The molecule has 3 aromatic rings. The highest BCUT2D eigenvalue weighted by Crippen LogP contribution is 2.30. The molecule has 1 amide bonds. The van der Waals surface area contributed by atoms with Gasteiger partial charge in [-0.3, -0.25) is 4.79 Å². The predicted octanol–water partition coefficient (Wildman–Crippen LogP) is 4.91. The molecule has 0 bridgehead atoms. The molecule has 0 N–H and O–H groups in total. The molecule has 1 heterocycles. The standard InChI is InChI=1S/C23H22ClN3O3/c1-15-3-11-20(29-2)17(13-15)6-12-22(28)27(19-9-10-19)14-21-25-26-23(30-21)16-4-7-18(24)8-5-16/h3-8,11-13,19H,9-10,14H2,1-2H3/b12-6+. The van der Waals surface area contributed by atoms with E-state index in [0.717, 1.165) is 35.3 Å². The number of amides is 1. The third-order valence-corrected chi connectivity index (χ3v) is 5.18. The SMILES string of the molecule is COc1ccc(C)cc1/C=C/C(=O)N(Cc1nnc(-c2ccc(Cl)cc2)o1)C1CC1. The second-order valence-corrected chi connectivity index (χ2v) is 7.72. The van der Waals surface area contributed by atoms with E-state index >= 15 is 0 Å². The minimum atomic E-state index is -0.0905. The van der Waals surface area contributed by atoms with Crippen molar-refractivity contribution in [3.8, 4) is 17.2 Å². The summed E-state index contributed by atoms with van der Waals surface area (Å²) in [5, 5.41) is 8.86. The summed E-state index contributed by atoms with van der Waals surface area (Å²) in [4.78, 5) is 14.7. The van der Waals surface area contributed by atoms with Crippen LogP contribution in [0.2, 0.25) is 5.02 Å². The Morgan fingerprint density at radius 1 is 1.23 bits per heavy atom. The summed E-state index contributed by atoms with van der Waals surface area (Å²) in [5.41, 5.74) is 2.75. The van der Waals surface area contributed by atoms with Gasteiger partial charge in [0.2, 0.25) is 17.7 Å². The molecule has 6 nitrogen and oxygen atoms in total. The molecule has 1 aliphatic carbocycles. The summed E-state index contributed by atoms with van der Waals surface area (Å²) >= 11 is 5.93. The number of aromatic nitrogens is 2. The minimum absolute atomic E-state index is 0.0905. The first-order valence-corrected chi connectivity index (χ1v) is 10.1. The van der Waals surface area contributed by atoms with Crippen LogP contribution in [0.1, 0.15) is 29.9 Å². The van der Waals surface area contributed by atoms with Crippen molar-refractivity contribution in [3.05, 3.63) is 70.6 Å². The average molecular weight is 424 g/mol. The molecule has 0 saturated heterocycles. The van der Waals surface area contributed by atoms with Gasteiger partial charge in [-0.2, -0.15) is 0 Å². The van der Waals surface area contributed by atoms with Gasteiger partial charge in [-0.05, 0) is 62.2 Å². The summed E-state index contributed by atoms with van der Waals surface area (Å²) in [7, 11) is 1.62. The molecule has 1 aliphatic rings. The molecule has 0 aliphatic heterocycles. The molecule has 0 spiro atoms. The van der Waals surface area contributed by atoms with Crippen LogP contribution < -0.4 is 4.74 Å². The molecule has 4 rings (SSSR count). The van der Waals surface area contributed by atoms with E-state index < -0.39 is 0 Å². The number of nitrogens with zero attached hydrogens (tertiary/aromatic N) is 3. The third kappa shape index (κ3) is 4.71. The zero-order valence-corrected chi connectivity index (χ0v) is 17.6. The highest BCUT2D eigenvalue weighted by Gasteiger charge is 2.32. The second-order valence-electron chi connectivity index (χ2n) is 7.28. The summed E-state index contributed by atoms with van der Waals surface area (Å²) in [6.07, 6.45) is 5.32. The predicted molar refractivity (Wildman–Crippen MR) is 115 cm³/mol. The maximum atomic E-state index is 12.9. The van der Waals surface area contributed by atoms with E-state index in [1.54, 1.807) is 36.3 Å². The summed E-state index contributed by atoms with van der Waals surface area (Å²) in [5.74, 6) is 1.45. The van der Waals surface area contributed by atoms with Crippen LogP contribution in [0, 0.1) is 6.92 Å². The van der Waals surface area contributed by atoms with Gasteiger partial charge in [0.15, 0.2) is 0 Å². The van der Waals surface area contributed by atoms with Gasteiger partial charge >= 0.3 is 0 Å². The third-order valence-electron chi connectivity index (χ3n) is 4.93. The maximum Gasteiger partial charge on any atom is 0.247 e. The second kappa shape index (κ2) is 8.71. The van der Waals surface area contributed by atoms with E-state index in [-0.39, 0.29) is 18.5 Å². The number of ether oxygens (including phenoxy) is 1. The lowest BCUT2D eigenvalue weighted by atomic mass is 10.1. The minimum Gasteiger partial charge on any atom is -0.496 e. The molecule has 1 aromatic heterocycles. The fraction of sp³-hybridized carbons (Fsp3) is 0.261. The molecule has 1 fully saturated rings. The fourth-order valence-electron chi connectivity index (χ4n) is 3.19. The van der Waals surface area contributed by atoms with Gasteiger partial charge in [-0.15, -0.1) is 10.2 Å². The molecular weight excluding hydrogens is 402 g/mol. The monoisotopic (exact) mass is 423 g/mol. The van der Waals surface area contributed by atoms with Gasteiger partial charge in [-0.25, -0.2) is 0 Å². The van der Waals surface area contributed by atoms with Gasteiger partial charge in [0.05, 0.1) is 13.7 Å². The lowest BCUT2D eigenvalue weighted by Crippen LogP contribution is -2.31. The lowest BCUT2D eigenvalue weighted by Gasteiger charge is -2.18. The van der Waals surface area contributed by atoms with Crippen molar-refractivity contribution in [2.75, 3.05) is 7.11 Å². The Balaban J connectivity index is 1.49. The first-order valence-electron chi connectivity index (χ1n) is 9.75. The number of carbonyl (C=O) groups is 1. The zero-order chi connectivity index (χ0) is 21.1. The van der Waals surface area contributed by atoms with Crippen LogP contribution >= 0.6 is 11.6 Å². The average Bonchev–Trinajstić information content (AvgIpc) is 3.48.